The van der Waals surface area contributed by atoms with Crippen LogP contribution in [0.15, 0.2) is 29.2 Å². The maximum Gasteiger partial charge on any atom is 0.437 e. The van der Waals surface area contributed by atoms with E-state index in [1.807, 2.05) is 0 Å². The molecule has 0 aliphatic carbocycles. The smallest absolute Gasteiger partial charge is 0.335 e. The van der Waals surface area contributed by atoms with Crippen LogP contribution in [0.1, 0.15) is 21.7 Å². The van der Waals surface area contributed by atoms with E-state index >= 15 is 0 Å². The Hall–Kier alpha value is -3.70. The van der Waals surface area contributed by atoms with Gasteiger partial charge in [-0.05, 0) is 13.0 Å². The monoisotopic (exact) mass is 405 g/mol. The molecule has 29 heavy (non-hydrogen) atoms. The van der Waals surface area contributed by atoms with E-state index in [0.717, 1.165) is 10.9 Å². The van der Waals surface area contributed by atoms with Gasteiger partial charge in [0.1, 0.15) is 0 Å². The molecule has 12 heteroatoms. The molecule has 4 aromatic heterocycles. The number of hydrogen-bond donors (Lipinski definition) is 1. The molecule has 0 aliphatic heterocycles. The predicted molar refractivity (Wildman–Crippen MR) is 94.9 cm³/mol. The van der Waals surface area contributed by atoms with E-state index in [1.165, 1.54) is 13.1 Å². The fourth-order valence-electron chi connectivity index (χ4n) is 2.95. The molecule has 0 aliphatic rings. The average molecular weight is 405 g/mol. The minimum atomic E-state index is -4.72. The fourth-order valence-corrected chi connectivity index (χ4v) is 2.95. The molecule has 150 valence electrons. The first-order chi connectivity index (χ1) is 13.6. The Kier molecular flexibility index (Phi) is 4.14. The molecule has 0 saturated heterocycles. The molecule has 4 rings (SSSR count). The van der Waals surface area contributed by atoms with Gasteiger partial charge in [-0.25, -0.2) is 4.98 Å². The zero-order chi connectivity index (χ0) is 20.9. The first kappa shape index (κ1) is 18.7. The summed E-state index contributed by atoms with van der Waals surface area (Å²) in [5, 5.41) is 13.9. The van der Waals surface area contributed by atoms with Crippen LogP contribution in [-0.2, 0) is 20.3 Å². The fraction of sp³-hybridized carbons (Fsp3) is 0.235. The summed E-state index contributed by atoms with van der Waals surface area (Å²) in [5.74, 6) is -0.771. The molecule has 0 fully saturated rings. The SMILES string of the molecule is Cc1noc2nc(-c3cnn(C)c3)cc(C(=O)Nc3cn(C)nc3C(F)(F)F)c12. The highest BCUT2D eigenvalue weighted by Crippen LogP contribution is 2.34. The Bertz CT molecular complexity index is 1240. The van der Waals surface area contributed by atoms with Gasteiger partial charge in [0, 0.05) is 32.1 Å². The van der Waals surface area contributed by atoms with Crippen LogP contribution in [0, 0.1) is 6.92 Å². The number of aromatic nitrogens is 6. The van der Waals surface area contributed by atoms with Gasteiger partial charge in [0.25, 0.3) is 11.6 Å². The third kappa shape index (κ3) is 3.32. The molecule has 4 aromatic rings. The van der Waals surface area contributed by atoms with Crippen molar-refractivity contribution in [2.24, 2.45) is 14.1 Å². The van der Waals surface area contributed by atoms with Crippen molar-refractivity contribution >= 4 is 22.7 Å². The second-order valence-electron chi connectivity index (χ2n) is 6.42. The number of aryl methyl sites for hydroxylation is 3. The molecule has 0 bridgehead atoms. The van der Waals surface area contributed by atoms with Crippen molar-refractivity contribution in [3.8, 4) is 11.3 Å². The van der Waals surface area contributed by atoms with E-state index in [1.54, 1.807) is 31.0 Å². The molecule has 0 aromatic carbocycles. The molecular formula is C17H14F3N7O2. The minimum absolute atomic E-state index is 0.0737. The van der Waals surface area contributed by atoms with E-state index in [-0.39, 0.29) is 11.3 Å². The average Bonchev–Trinajstić information content (AvgIpc) is 3.33. The number of fused-ring (bicyclic) bond motifs is 1. The molecule has 1 N–H and O–H groups in total. The van der Waals surface area contributed by atoms with Gasteiger partial charge in [-0.1, -0.05) is 5.16 Å². The highest BCUT2D eigenvalue weighted by Gasteiger charge is 2.38. The van der Waals surface area contributed by atoms with E-state index in [4.69, 9.17) is 4.52 Å². The van der Waals surface area contributed by atoms with Gasteiger partial charge in [-0.3, -0.25) is 14.2 Å². The van der Waals surface area contributed by atoms with Gasteiger partial charge in [-0.15, -0.1) is 0 Å². The normalized spacial score (nSPS) is 11.9. The third-order valence-corrected chi connectivity index (χ3v) is 4.21. The van der Waals surface area contributed by atoms with Gasteiger partial charge < -0.3 is 9.84 Å². The summed E-state index contributed by atoms with van der Waals surface area (Å²) in [4.78, 5) is 17.3. The Labute approximate surface area is 161 Å². The number of carbonyl (C=O) groups is 1. The summed E-state index contributed by atoms with van der Waals surface area (Å²) in [7, 11) is 3.05. The van der Waals surface area contributed by atoms with Crippen LogP contribution >= 0.6 is 0 Å². The van der Waals surface area contributed by atoms with Crippen molar-refractivity contribution < 1.29 is 22.5 Å². The number of nitrogens with one attached hydrogen (secondary N) is 1. The lowest BCUT2D eigenvalue weighted by Gasteiger charge is -2.09. The molecule has 0 atom stereocenters. The number of hydrogen-bond acceptors (Lipinski definition) is 6. The van der Waals surface area contributed by atoms with Crippen molar-refractivity contribution in [1.82, 2.24) is 29.7 Å². The van der Waals surface area contributed by atoms with Crippen LogP contribution in [0.3, 0.4) is 0 Å². The van der Waals surface area contributed by atoms with Gasteiger partial charge >= 0.3 is 6.18 Å². The van der Waals surface area contributed by atoms with Crippen molar-refractivity contribution in [3.63, 3.8) is 0 Å². The molecule has 9 nitrogen and oxygen atoms in total. The first-order valence-electron chi connectivity index (χ1n) is 8.31. The lowest BCUT2D eigenvalue weighted by Crippen LogP contribution is -2.16. The van der Waals surface area contributed by atoms with Crippen molar-refractivity contribution in [3.05, 3.63) is 41.6 Å². The summed E-state index contributed by atoms with van der Waals surface area (Å²) in [6.45, 7) is 1.61. The van der Waals surface area contributed by atoms with Crippen molar-refractivity contribution in [1.29, 1.82) is 0 Å². The predicted octanol–water partition coefficient (Wildman–Crippen LogP) is 2.94. The highest BCUT2D eigenvalue weighted by molar-refractivity contribution is 6.13. The number of anilines is 1. The third-order valence-electron chi connectivity index (χ3n) is 4.21. The van der Waals surface area contributed by atoms with Crippen LogP contribution in [-0.4, -0.2) is 35.6 Å². The van der Waals surface area contributed by atoms with Gasteiger partial charge in [-0.2, -0.15) is 23.4 Å². The molecule has 0 spiro atoms. The number of amides is 1. The largest absolute Gasteiger partial charge is 0.437 e. The standard InChI is InChI=1S/C17H14F3N7O2/c1-8-13-10(15(28)22-12-7-27(3)24-14(12)17(18,19)20)4-11(23-16(13)29-25-8)9-5-21-26(2)6-9/h4-7H,1-3H3,(H,22,28). The lowest BCUT2D eigenvalue weighted by molar-refractivity contribution is -0.140. The van der Waals surface area contributed by atoms with E-state index < -0.39 is 23.5 Å². The maximum atomic E-state index is 13.2. The summed E-state index contributed by atoms with van der Waals surface area (Å²) in [6, 6.07) is 1.46. The summed E-state index contributed by atoms with van der Waals surface area (Å²) in [5.41, 5.74) is -0.109. The zero-order valence-corrected chi connectivity index (χ0v) is 15.4. The molecule has 1 amide bonds. The summed E-state index contributed by atoms with van der Waals surface area (Å²) < 4.78 is 47.3. The Morgan fingerprint density at radius 1 is 1.21 bits per heavy atom. The lowest BCUT2D eigenvalue weighted by atomic mass is 10.1. The van der Waals surface area contributed by atoms with Gasteiger partial charge in [0.15, 0.2) is 5.69 Å². The minimum Gasteiger partial charge on any atom is -0.335 e. The van der Waals surface area contributed by atoms with Crippen LogP contribution in [0.4, 0.5) is 18.9 Å². The van der Waals surface area contributed by atoms with Crippen molar-refractivity contribution in [2.75, 3.05) is 5.32 Å². The van der Waals surface area contributed by atoms with Crippen LogP contribution in [0.25, 0.3) is 22.4 Å². The maximum absolute atomic E-state index is 13.2. The molecule has 4 heterocycles. The first-order valence-corrected chi connectivity index (χ1v) is 8.31. The van der Waals surface area contributed by atoms with Gasteiger partial charge in [0.05, 0.1) is 34.2 Å². The van der Waals surface area contributed by atoms with Crippen LogP contribution < -0.4 is 5.32 Å². The molecular weight excluding hydrogens is 391 g/mol. The Morgan fingerprint density at radius 2 is 1.97 bits per heavy atom. The quantitative estimate of drug-likeness (QED) is 0.562. The number of nitrogens with zero attached hydrogens (tertiary/aromatic N) is 6. The van der Waals surface area contributed by atoms with Crippen LogP contribution in [0.2, 0.25) is 0 Å². The Morgan fingerprint density at radius 3 is 2.62 bits per heavy atom. The molecule has 0 saturated carbocycles. The Balaban J connectivity index is 1.81. The number of halogens is 3. The van der Waals surface area contributed by atoms with E-state index in [9.17, 15) is 18.0 Å². The highest BCUT2D eigenvalue weighted by atomic mass is 19.4. The van der Waals surface area contributed by atoms with Crippen molar-refractivity contribution in [2.45, 2.75) is 13.1 Å². The number of rotatable bonds is 3. The zero-order valence-electron chi connectivity index (χ0n) is 15.4. The van der Waals surface area contributed by atoms with E-state index in [2.05, 4.69) is 25.7 Å². The number of pyridine rings is 1. The van der Waals surface area contributed by atoms with Crippen LogP contribution in [0.5, 0.6) is 0 Å². The topological polar surface area (TPSA) is 104 Å². The summed E-state index contributed by atoms with van der Waals surface area (Å²) in [6.07, 6.45) is -0.406. The number of alkyl halides is 3. The summed E-state index contributed by atoms with van der Waals surface area (Å²) >= 11 is 0. The molecule has 0 radical (unpaired) electrons. The molecule has 0 unspecified atom stereocenters. The number of carbonyl (C=O) groups excluding carboxylic acids is 1. The van der Waals surface area contributed by atoms with Gasteiger partial charge in [0.2, 0.25) is 0 Å². The van der Waals surface area contributed by atoms with E-state index in [0.29, 0.717) is 22.3 Å². The second-order valence-corrected chi connectivity index (χ2v) is 6.42. The second kappa shape index (κ2) is 6.43.